The zero-order chi connectivity index (χ0) is 15.4. The first-order chi connectivity index (χ1) is 9.97. The zero-order valence-corrected chi connectivity index (χ0v) is 12.6. The minimum Gasteiger partial charge on any atom is -0.544 e. The van der Waals surface area contributed by atoms with Gasteiger partial charge in [-0.3, -0.25) is 4.79 Å². The van der Waals surface area contributed by atoms with Crippen molar-refractivity contribution in [3.05, 3.63) is 51.5 Å². The lowest BCUT2D eigenvalue weighted by Crippen LogP contribution is -2.28. The molecule has 0 aliphatic heterocycles. The summed E-state index contributed by atoms with van der Waals surface area (Å²) >= 11 is 0.985. The van der Waals surface area contributed by atoms with Crippen molar-refractivity contribution in [2.75, 3.05) is 0 Å². The molecule has 6 heteroatoms. The average Bonchev–Trinajstić information content (AvgIpc) is 2.80. The Hall–Kier alpha value is -2.21. The number of rotatable bonds is 5. The van der Waals surface area contributed by atoms with Gasteiger partial charge in [-0.1, -0.05) is 30.3 Å². The van der Waals surface area contributed by atoms with Crippen LogP contribution in [0, 0.1) is 6.92 Å². The highest BCUT2D eigenvalue weighted by Crippen LogP contribution is 2.18. The highest BCUT2D eigenvalue weighted by molar-refractivity contribution is 7.13. The number of thiazole rings is 1. The van der Waals surface area contributed by atoms with Crippen molar-refractivity contribution in [2.45, 2.75) is 26.3 Å². The van der Waals surface area contributed by atoms with E-state index in [4.69, 9.17) is 0 Å². The van der Waals surface area contributed by atoms with Gasteiger partial charge in [-0.25, -0.2) is 4.98 Å². The molecule has 0 saturated heterocycles. The first kappa shape index (κ1) is 15.2. The van der Waals surface area contributed by atoms with Crippen LogP contribution in [0.4, 0.5) is 0 Å². The molecule has 0 fully saturated rings. The number of nitrogens with one attached hydrogen (secondary N) is 1. The summed E-state index contributed by atoms with van der Waals surface area (Å²) in [4.78, 5) is 27.0. The molecule has 110 valence electrons. The smallest absolute Gasteiger partial charge is 0.227 e. The highest BCUT2D eigenvalue weighted by Gasteiger charge is 2.14. The van der Waals surface area contributed by atoms with Crippen molar-refractivity contribution in [3.63, 3.8) is 0 Å². The van der Waals surface area contributed by atoms with Gasteiger partial charge < -0.3 is 15.2 Å². The van der Waals surface area contributed by atoms with Crippen molar-refractivity contribution >= 4 is 23.2 Å². The Labute approximate surface area is 126 Å². The third kappa shape index (κ3) is 3.88. The molecule has 1 N–H and O–H groups in total. The molecule has 1 amide bonds. The van der Waals surface area contributed by atoms with E-state index in [1.807, 2.05) is 37.3 Å². The normalized spacial score (nSPS) is 11.9. The predicted octanol–water partition coefficient (Wildman–Crippen LogP) is 1.23. The van der Waals surface area contributed by atoms with Crippen LogP contribution in [-0.2, 0) is 11.2 Å². The van der Waals surface area contributed by atoms with Gasteiger partial charge in [0.25, 0.3) is 0 Å². The molecule has 0 aliphatic carbocycles. The molecule has 0 bridgehead atoms. The van der Waals surface area contributed by atoms with Gasteiger partial charge in [0.1, 0.15) is 5.01 Å². The fraction of sp³-hybridized carbons (Fsp3) is 0.267. The molecule has 1 atom stereocenters. The first-order valence-electron chi connectivity index (χ1n) is 6.49. The molecular formula is C15H15N2O3S-. The first-order valence-corrected chi connectivity index (χ1v) is 7.31. The summed E-state index contributed by atoms with van der Waals surface area (Å²) < 4.78 is 0. The summed E-state index contributed by atoms with van der Waals surface area (Å²) in [5.41, 5.74) is 1.40. The van der Waals surface area contributed by atoms with Gasteiger partial charge in [0.15, 0.2) is 0 Å². The number of carboxylic acids is 1. The lowest BCUT2D eigenvalue weighted by atomic mass is 10.1. The molecule has 1 aromatic carbocycles. The number of aromatic carboxylic acids is 1. The molecule has 1 aromatic heterocycles. The molecule has 5 nitrogen and oxygen atoms in total. The maximum Gasteiger partial charge on any atom is 0.227 e. The van der Waals surface area contributed by atoms with Gasteiger partial charge in [-0.15, -0.1) is 11.3 Å². The molecule has 1 heterocycles. The Morgan fingerprint density at radius 1 is 1.33 bits per heavy atom. The molecule has 21 heavy (non-hydrogen) atoms. The third-order valence-electron chi connectivity index (χ3n) is 3.02. The van der Waals surface area contributed by atoms with Crippen LogP contribution >= 0.6 is 11.3 Å². The molecule has 0 spiro atoms. The highest BCUT2D eigenvalue weighted by atomic mass is 32.1. The van der Waals surface area contributed by atoms with Crippen LogP contribution in [0.1, 0.15) is 38.9 Å². The van der Waals surface area contributed by atoms with E-state index in [0.717, 1.165) is 16.9 Å². The Kier molecular flexibility index (Phi) is 4.70. The lowest BCUT2D eigenvalue weighted by Gasteiger charge is -2.13. The van der Waals surface area contributed by atoms with E-state index in [0.29, 0.717) is 10.7 Å². The minimum atomic E-state index is -1.26. The van der Waals surface area contributed by atoms with Crippen LogP contribution in [0.3, 0.4) is 0 Å². The van der Waals surface area contributed by atoms with Gasteiger partial charge >= 0.3 is 0 Å². The second-order valence-electron chi connectivity index (χ2n) is 4.69. The summed E-state index contributed by atoms with van der Waals surface area (Å²) in [6.45, 7) is 3.49. The Balaban J connectivity index is 1.99. The summed E-state index contributed by atoms with van der Waals surface area (Å²) in [7, 11) is 0. The Morgan fingerprint density at radius 2 is 2.00 bits per heavy atom. The maximum absolute atomic E-state index is 12.0. The minimum absolute atomic E-state index is 0.0654. The number of carbonyl (C=O) groups is 2. The largest absolute Gasteiger partial charge is 0.544 e. The standard InChI is InChI=1S/C15H16N2O3S/c1-9(11-6-4-3-5-7-11)16-12(18)8-13-17-10(2)14(21-13)15(19)20/h3-7,9H,8H2,1-2H3,(H,16,18)(H,19,20)/p-1/t9-/m1/s1. The SMILES string of the molecule is Cc1nc(CC(=O)N[C@H](C)c2ccccc2)sc1C(=O)[O-]. The predicted molar refractivity (Wildman–Crippen MR) is 77.9 cm³/mol. The number of benzene rings is 1. The molecule has 2 aromatic rings. The average molecular weight is 303 g/mol. The quantitative estimate of drug-likeness (QED) is 0.901. The lowest BCUT2D eigenvalue weighted by molar-refractivity contribution is -0.254. The van der Waals surface area contributed by atoms with E-state index in [9.17, 15) is 14.7 Å². The number of hydrogen-bond donors (Lipinski definition) is 1. The van der Waals surface area contributed by atoms with Crippen molar-refractivity contribution in [1.82, 2.24) is 10.3 Å². The van der Waals surface area contributed by atoms with Crippen molar-refractivity contribution < 1.29 is 14.7 Å². The Morgan fingerprint density at radius 3 is 2.57 bits per heavy atom. The zero-order valence-electron chi connectivity index (χ0n) is 11.8. The second-order valence-corrected chi connectivity index (χ2v) is 5.77. The topological polar surface area (TPSA) is 82.1 Å². The monoisotopic (exact) mass is 303 g/mol. The van der Waals surface area contributed by atoms with Crippen LogP contribution in [0.2, 0.25) is 0 Å². The van der Waals surface area contributed by atoms with Gasteiger partial charge in [0.05, 0.1) is 29.0 Å². The van der Waals surface area contributed by atoms with Crippen molar-refractivity contribution in [1.29, 1.82) is 0 Å². The second kappa shape index (κ2) is 6.49. The van der Waals surface area contributed by atoms with E-state index in [1.165, 1.54) is 0 Å². The van der Waals surface area contributed by atoms with Crippen LogP contribution in [-0.4, -0.2) is 16.9 Å². The number of nitrogens with zero attached hydrogens (tertiary/aromatic N) is 1. The van der Waals surface area contributed by atoms with Crippen LogP contribution in [0.25, 0.3) is 0 Å². The van der Waals surface area contributed by atoms with E-state index >= 15 is 0 Å². The maximum atomic E-state index is 12.0. The van der Waals surface area contributed by atoms with Gasteiger partial charge in [0, 0.05) is 0 Å². The van der Waals surface area contributed by atoms with E-state index < -0.39 is 5.97 Å². The number of aromatic nitrogens is 1. The molecule has 0 saturated carbocycles. The van der Waals surface area contributed by atoms with Gasteiger partial charge in [-0.2, -0.15) is 0 Å². The fourth-order valence-corrected chi connectivity index (χ4v) is 2.87. The van der Waals surface area contributed by atoms with E-state index in [-0.39, 0.29) is 23.2 Å². The third-order valence-corrected chi connectivity index (χ3v) is 4.15. The molecular weight excluding hydrogens is 288 g/mol. The summed E-state index contributed by atoms with van der Waals surface area (Å²) in [6.07, 6.45) is 0.0654. The molecule has 0 radical (unpaired) electrons. The van der Waals surface area contributed by atoms with Gasteiger partial charge in [0.2, 0.25) is 5.91 Å². The van der Waals surface area contributed by atoms with Crippen LogP contribution < -0.4 is 10.4 Å². The number of carboxylic acid groups (broad SMARTS) is 1. The molecule has 0 aliphatic rings. The van der Waals surface area contributed by atoms with Crippen molar-refractivity contribution in [2.24, 2.45) is 0 Å². The fourth-order valence-electron chi connectivity index (χ4n) is 1.97. The van der Waals surface area contributed by atoms with Crippen LogP contribution in [0.5, 0.6) is 0 Å². The number of hydrogen-bond acceptors (Lipinski definition) is 5. The summed E-state index contributed by atoms with van der Waals surface area (Å²) in [5.74, 6) is -1.45. The number of carbonyl (C=O) groups excluding carboxylic acids is 2. The molecule has 2 rings (SSSR count). The van der Waals surface area contributed by atoms with Crippen LogP contribution in [0.15, 0.2) is 30.3 Å². The number of aryl methyl sites for hydroxylation is 1. The van der Waals surface area contributed by atoms with E-state index in [2.05, 4.69) is 10.3 Å². The van der Waals surface area contributed by atoms with Gasteiger partial charge in [-0.05, 0) is 19.4 Å². The van der Waals surface area contributed by atoms with E-state index in [1.54, 1.807) is 6.92 Å². The number of amides is 1. The summed E-state index contributed by atoms with van der Waals surface area (Å²) in [5, 5.41) is 14.2. The summed E-state index contributed by atoms with van der Waals surface area (Å²) in [6, 6.07) is 9.50. The van der Waals surface area contributed by atoms with Crippen molar-refractivity contribution in [3.8, 4) is 0 Å². The molecule has 0 unspecified atom stereocenters. The Bertz CT molecular complexity index is 652.